The van der Waals surface area contributed by atoms with Gasteiger partial charge < -0.3 is 15.2 Å². The first-order valence-corrected chi connectivity index (χ1v) is 7.45. The normalized spacial score (nSPS) is 11.7. The fourth-order valence-electron chi connectivity index (χ4n) is 2.18. The van der Waals surface area contributed by atoms with Crippen LogP contribution in [0.15, 0.2) is 17.2 Å². The topological polar surface area (TPSA) is 64.2 Å². The van der Waals surface area contributed by atoms with Gasteiger partial charge in [-0.3, -0.25) is 4.79 Å². The number of nitrogens with zero attached hydrogens (tertiary/aromatic N) is 3. The van der Waals surface area contributed by atoms with Crippen LogP contribution in [0.3, 0.4) is 0 Å². The second-order valence-corrected chi connectivity index (χ2v) is 6.04. The molecule has 0 aliphatic rings. The maximum Gasteiger partial charge on any atom is 0.293 e. The molecule has 0 bridgehead atoms. The van der Waals surface area contributed by atoms with E-state index in [2.05, 4.69) is 37.6 Å². The number of nitrogens with two attached hydrogens (primary N) is 1. The van der Waals surface area contributed by atoms with Crippen molar-refractivity contribution in [2.75, 3.05) is 24.5 Å². The van der Waals surface area contributed by atoms with Gasteiger partial charge in [-0.25, -0.2) is 4.98 Å². The lowest BCUT2D eigenvalue weighted by atomic mass is 9.93. The van der Waals surface area contributed by atoms with E-state index in [4.69, 9.17) is 5.73 Å². The maximum atomic E-state index is 12.5. The van der Waals surface area contributed by atoms with Crippen LogP contribution in [0.4, 0.5) is 5.82 Å². The average molecular weight is 280 g/mol. The Bertz CT molecular complexity index is 467. The van der Waals surface area contributed by atoms with Crippen molar-refractivity contribution >= 4 is 5.82 Å². The summed E-state index contributed by atoms with van der Waals surface area (Å²) in [7, 11) is 0. The molecule has 114 valence electrons. The van der Waals surface area contributed by atoms with Gasteiger partial charge in [0.2, 0.25) is 0 Å². The molecule has 0 fully saturated rings. The number of aryl methyl sites for hydroxylation is 1. The molecule has 0 unspecified atom stereocenters. The standard InChI is InChI=1S/C15H28N4O/c1-5-8-18-10-7-17-13(14(18)20)19(9-6-2)12-15(3,4)11-16/h7,10H,5-6,8-9,11-12,16H2,1-4H3. The highest BCUT2D eigenvalue weighted by Gasteiger charge is 2.22. The van der Waals surface area contributed by atoms with Gasteiger partial charge in [0, 0.05) is 32.0 Å². The molecule has 1 heterocycles. The average Bonchev–Trinajstić information content (AvgIpc) is 2.41. The van der Waals surface area contributed by atoms with Crippen LogP contribution in [0.5, 0.6) is 0 Å². The first-order chi connectivity index (χ1) is 9.45. The Morgan fingerprint density at radius 1 is 1.35 bits per heavy atom. The minimum Gasteiger partial charge on any atom is -0.351 e. The molecule has 5 heteroatoms. The van der Waals surface area contributed by atoms with E-state index in [9.17, 15) is 4.79 Å². The van der Waals surface area contributed by atoms with Crippen molar-refractivity contribution in [3.8, 4) is 0 Å². The Morgan fingerprint density at radius 2 is 2.05 bits per heavy atom. The Labute approximate surface area is 121 Å². The van der Waals surface area contributed by atoms with Crippen LogP contribution >= 0.6 is 0 Å². The van der Waals surface area contributed by atoms with Gasteiger partial charge in [0.15, 0.2) is 5.82 Å². The molecule has 0 aromatic carbocycles. The Balaban J connectivity index is 3.09. The molecular formula is C15H28N4O. The summed E-state index contributed by atoms with van der Waals surface area (Å²) < 4.78 is 1.74. The number of rotatable bonds is 8. The molecular weight excluding hydrogens is 252 g/mol. The summed E-state index contributed by atoms with van der Waals surface area (Å²) in [5, 5.41) is 0. The molecule has 1 aromatic rings. The number of anilines is 1. The minimum absolute atomic E-state index is 0.00405. The van der Waals surface area contributed by atoms with Gasteiger partial charge in [0.05, 0.1) is 0 Å². The SMILES string of the molecule is CCCN(CC(C)(C)CN)c1nccn(CCC)c1=O. The fraction of sp³-hybridized carbons (Fsp3) is 0.733. The summed E-state index contributed by atoms with van der Waals surface area (Å²) in [6.45, 7) is 11.3. The zero-order valence-corrected chi connectivity index (χ0v) is 13.2. The minimum atomic E-state index is -0.0330. The van der Waals surface area contributed by atoms with E-state index in [0.29, 0.717) is 12.4 Å². The number of hydrogen-bond acceptors (Lipinski definition) is 4. The van der Waals surface area contributed by atoms with Crippen LogP contribution in [0.2, 0.25) is 0 Å². The quantitative estimate of drug-likeness (QED) is 0.789. The molecule has 2 N–H and O–H groups in total. The van der Waals surface area contributed by atoms with Crippen LogP contribution in [-0.4, -0.2) is 29.2 Å². The summed E-state index contributed by atoms with van der Waals surface area (Å²) in [4.78, 5) is 18.9. The van der Waals surface area contributed by atoms with Gasteiger partial charge >= 0.3 is 0 Å². The zero-order chi connectivity index (χ0) is 15.2. The van der Waals surface area contributed by atoms with Crippen molar-refractivity contribution in [2.45, 2.75) is 47.1 Å². The first kappa shape index (κ1) is 16.7. The highest BCUT2D eigenvalue weighted by atomic mass is 16.1. The van der Waals surface area contributed by atoms with E-state index in [-0.39, 0.29) is 11.0 Å². The van der Waals surface area contributed by atoms with Crippen molar-refractivity contribution in [2.24, 2.45) is 11.1 Å². The third kappa shape index (κ3) is 4.34. The number of hydrogen-bond donors (Lipinski definition) is 1. The van der Waals surface area contributed by atoms with Gasteiger partial charge in [-0.1, -0.05) is 27.7 Å². The highest BCUT2D eigenvalue weighted by Crippen LogP contribution is 2.18. The van der Waals surface area contributed by atoms with Crippen molar-refractivity contribution in [1.82, 2.24) is 9.55 Å². The van der Waals surface area contributed by atoms with Crippen molar-refractivity contribution < 1.29 is 0 Å². The van der Waals surface area contributed by atoms with E-state index in [1.807, 2.05) is 0 Å². The van der Waals surface area contributed by atoms with Crippen molar-refractivity contribution in [3.63, 3.8) is 0 Å². The lowest BCUT2D eigenvalue weighted by Crippen LogP contribution is -2.42. The fourth-order valence-corrected chi connectivity index (χ4v) is 2.18. The predicted octanol–water partition coefficient (Wildman–Crippen LogP) is 1.85. The van der Waals surface area contributed by atoms with Crippen LogP contribution in [-0.2, 0) is 6.54 Å². The Morgan fingerprint density at radius 3 is 2.60 bits per heavy atom. The summed E-state index contributed by atoms with van der Waals surface area (Å²) >= 11 is 0. The third-order valence-electron chi connectivity index (χ3n) is 3.32. The highest BCUT2D eigenvalue weighted by molar-refractivity contribution is 5.36. The Kier molecular flexibility index (Phi) is 6.20. The molecule has 0 radical (unpaired) electrons. The largest absolute Gasteiger partial charge is 0.351 e. The summed E-state index contributed by atoms with van der Waals surface area (Å²) in [6.07, 6.45) is 5.38. The van der Waals surface area contributed by atoms with Gasteiger partial charge in [-0.2, -0.15) is 0 Å². The van der Waals surface area contributed by atoms with Gasteiger partial charge in [0.25, 0.3) is 5.56 Å². The van der Waals surface area contributed by atoms with Gasteiger partial charge in [0.1, 0.15) is 0 Å². The lowest BCUT2D eigenvalue weighted by molar-refractivity contribution is 0.375. The molecule has 0 saturated heterocycles. The van der Waals surface area contributed by atoms with Crippen LogP contribution in [0.25, 0.3) is 0 Å². The molecule has 1 rings (SSSR count). The molecule has 0 aliphatic carbocycles. The van der Waals surface area contributed by atoms with Gasteiger partial charge in [-0.15, -0.1) is 0 Å². The van der Waals surface area contributed by atoms with Crippen molar-refractivity contribution in [1.29, 1.82) is 0 Å². The van der Waals surface area contributed by atoms with E-state index in [1.54, 1.807) is 17.0 Å². The van der Waals surface area contributed by atoms with E-state index >= 15 is 0 Å². The van der Waals surface area contributed by atoms with Crippen LogP contribution < -0.4 is 16.2 Å². The third-order valence-corrected chi connectivity index (χ3v) is 3.32. The summed E-state index contributed by atoms with van der Waals surface area (Å²) in [5.41, 5.74) is 5.78. The molecule has 0 atom stereocenters. The molecule has 0 aliphatic heterocycles. The molecule has 0 saturated carbocycles. The molecule has 0 spiro atoms. The lowest BCUT2D eigenvalue weighted by Gasteiger charge is -2.32. The second-order valence-electron chi connectivity index (χ2n) is 6.04. The summed E-state index contributed by atoms with van der Waals surface area (Å²) in [6, 6.07) is 0. The van der Waals surface area contributed by atoms with Crippen LogP contribution in [0, 0.1) is 5.41 Å². The van der Waals surface area contributed by atoms with E-state index < -0.39 is 0 Å². The van der Waals surface area contributed by atoms with Gasteiger partial charge in [-0.05, 0) is 24.8 Å². The second kappa shape index (κ2) is 7.43. The molecule has 1 aromatic heterocycles. The number of aromatic nitrogens is 2. The van der Waals surface area contributed by atoms with Crippen LogP contribution in [0.1, 0.15) is 40.5 Å². The van der Waals surface area contributed by atoms with E-state index in [1.165, 1.54) is 0 Å². The molecule has 0 amide bonds. The summed E-state index contributed by atoms with van der Waals surface area (Å²) in [5.74, 6) is 0.546. The maximum absolute atomic E-state index is 12.5. The Hall–Kier alpha value is -1.36. The molecule has 5 nitrogen and oxygen atoms in total. The van der Waals surface area contributed by atoms with E-state index in [0.717, 1.165) is 32.5 Å². The first-order valence-electron chi connectivity index (χ1n) is 7.45. The predicted molar refractivity (Wildman–Crippen MR) is 84.1 cm³/mol. The molecule has 20 heavy (non-hydrogen) atoms. The van der Waals surface area contributed by atoms with Crippen molar-refractivity contribution in [3.05, 3.63) is 22.7 Å². The monoisotopic (exact) mass is 280 g/mol. The smallest absolute Gasteiger partial charge is 0.293 e. The zero-order valence-electron chi connectivity index (χ0n) is 13.2.